The van der Waals surface area contributed by atoms with E-state index >= 15 is 0 Å². The van der Waals surface area contributed by atoms with Gasteiger partial charge in [-0.2, -0.15) is 9.97 Å². The summed E-state index contributed by atoms with van der Waals surface area (Å²) in [5.74, 6) is 1.73. The monoisotopic (exact) mass is 730 g/mol. The van der Waals surface area contributed by atoms with E-state index in [1.807, 2.05) is 36.4 Å². The molecule has 0 aliphatic heterocycles. The molecular formula is C52H34N4O. The summed E-state index contributed by atoms with van der Waals surface area (Å²) in [5, 5.41) is 6.84. The second-order valence-corrected chi connectivity index (χ2v) is 15.6. The van der Waals surface area contributed by atoms with E-state index in [1.54, 1.807) is 0 Å². The van der Waals surface area contributed by atoms with Gasteiger partial charge in [0.15, 0.2) is 11.6 Å². The second-order valence-electron chi connectivity index (χ2n) is 15.6. The van der Waals surface area contributed by atoms with Gasteiger partial charge in [0, 0.05) is 43.7 Å². The third-order valence-electron chi connectivity index (χ3n) is 12.1. The van der Waals surface area contributed by atoms with Gasteiger partial charge in [0.25, 0.3) is 0 Å². The van der Waals surface area contributed by atoms with Crippen LogP contribution in [0.3, 0.4) is 0 Å². The lowest BCUT2D eigenvalue weighted by molar-refractivity contribution is 0.660. The van der Waals surface area contributed by atoms with E-state index in [0.717, 1.165) is 60.6 Å². The molecule has 0 saturated heterocycles. The van der Waals surface area contributed by atoms with Crippen LogP contribution in [0.15, 0.2) is 174 Å². The average molecular weight is 731 g/mol. The molecule has 0 spiro atoms. The molecular weight excluding hydrogens is 697 g/mol. The van der Waals surface area contributed by atoms with E-state index in [1.165, 1.54) is 38.4 Å². The highest BCUT2D eigenvalue weighted by molar-refractivity contribution is 6.23. The summed E-state index contributed by atoms with van der Waals surface area (Å²) in [5.41, 5.74) is 13.0. The highest BCUT2D eigenvalue weighted by Crippen LogP contribution is 2.50. The van der Waals surface area contributed by atoms with Crippen molar-refractivity contribution in [1.29, 1.82) is 0 Å². The molecule has 1 aliphatic rings. The fraction of sp³-hybridized carbons (Fsp3) is 0.0577. The van der Waals surface area contributed by atoms with Crippen LogP contribution in [0.4, 0.5) is 0 Å². The average Bonchev–Trinajstić information content (AvgIpc) is 3.89. The molecule has 3 heterocycles. The summed E-state index contributed by atoms with van der Waals surface area (Å²) in [7, 11) is 0. The molecule has 268 valence electrons. The maximum absolute atomic E-state index is 6.34. The van der Waals surface area contributed by atoms with Crippen molar-refractivity contribution in [1.82, 2.24) is 19.5 Å². The predicted octanol–water partition coefficient (Wildman–Crippen LogP) is 13.3. The van der Waals surface area contributed by atoms with Crippen molar-refractivity contribution in [2.45, 2.75) is 19.3 Å². The molecule has 0 bridgehead atoms. The molecule has 0 N–H and O–H groups in total. The number of rotatable bonds is 4. The Bertz CT molecular complexity index is 3450. The summed E-state index contributed by atoms with van der Waals surface area (Å²) >= 11 is 0. The maximum Gasteiger partial charge on any atom is 0.238 e. The van der Waals surface area contributed by atoms with E-state index in [9.17, 15) is 0 Å². The van der Waals surface area contributed by atoms with Crippen molar-refractivity contribution >= 4 is 54.5 Å². The highest BCUT2D eigenvalue weighted by atomic mass is 16.3. The van der Waals surface area contributed by atoms with Crippen molar-refractivity contribution < 1.29 is 4.42 Å². The minimum Gasteiger partial charge on any atom is -0.456 e. The Morgan fingerprint density at radius 2 is 1.14 bits per heavy atom. The zero-order chi connectivity index (χ0) is 37.8. The van der Waals surface area contributed by atoms with Gasteiger partial charge in [-0.05, 0) is 68.9 Å². The van der Waals surface area contributed by atoms with Crippen LogP contribution in [0.25, 0.3) is 105 Å². The first-order chi connectivity index (χ1) is 28.0. The van der Waals surface area contributed by atoms with E-state index in [2.05, 4.69) is 152 Å². The fourth-order valence-electron chi connectivity index (χ4n) is 9.34. The van der Waals surface area contributed by atoms with Gasteiger partial charge < -0.3 is 4.42 Å². The van der Waals surface area contributed by atoms with Crippen LogP contribution in [0.2, 0.25) is 0 Å². The molecule has 12 rings (SSSR count). The number of nitrogens with zero attached hydrogens (tertiary/aromatic N) is 4. The van der Waals surface area contributed by atoms with Crippen molar-refractivity contribution in [3.63, 3.8) is 0 Å². The second kappa shape index (κ2) is 11.8. The van der Waals surface area contributed by atoms with Gasteiger partial charge in [-0.1, -0.05) is 153 Å². The molecule has 0 unspecified atom stereocenters. The largest absolute Gasteiger partial charge is 0.456 e. The number of aromatic nitrogens is 4. The normalized spacial score (nSPS) is 13.2. The Morgan fingerprint density at radius 3 is 2.04 bits per heavy atom. The summed E-state index contributed by atoms with van der Waals surface area (Å²) in [6, 6.07) is 60.1. The van der Waals surface area contributed by atoms with Crippen LogP contribution in [-0.4, -0.2) is 19.5 Å². The number of hydrogen-bond acceptors (Lipinski definition) is 4. The topological polar surface area (TPSA) is 56.7 Å². The van der Waals surface area contributed by atoms with E-state index in [4.69, 9.17) is 19.4 Å². The first-order valence-corrected chi connectivity index (χ1v) is 19.4. The lowest BCUT2D eigenvalue weighted by atomic mass is 9.82. The van der Waals surface area contributed by atoms with Crippen LogP contribution in [-0.2, 0) is 5.41 Å². The molecule has 0 fully saturated rings. The third kappa shape index (κ3) is 4.66. The third-order valence-corrected chi connectivity index (χ3v) is 12.1. The minimum atomic E-state index is -0.0786. The SMILES string of the molecule is CC1(C)c2ccccc2-c2cc(-c3cccc4c5c6ccccc6ccc5n(-c5nc(-c6ccccc6)nc(-c6ccc7c(c6)oc6ccccc67)n5)c34)ccc21. The summed E-state index contributed by atoms with van der Waals surface area (Å²) in [4.78, 5) is 15.8. The Morgan fingerprint density at radius 1 is 0.456 bits per heavy atom. The smallest absolute Gasteiger partial charge is 0.238 e. The highest BCUT2D eigenvalue weighted by Gasteiger charge is 2.35. The van der Waals surface area contributed by atoms with Crippen LogP contribution in [0.5, 0.6) is 0 Å². The number of furan rings is 1. The molecule has 0 radical (unpaired) electrons. The molecule has 0 saturated carbocycles. The molecule has 1 aliphatic carbocycles. The van der Waals surface area contributed by atoms with Gasteiger partial charge in [-0.15, -0.1) is 0 Å². The molecule has 3 aromatic heterocycles. The number of fused-ring (bicyclic) bond motifs is 11. The van der Waals surface area contributed by atoms with Crippen molar-refractivity contribution in [2.24, 2.45) is 0 Å². The first kappa shape index (κ1) is 31.9. The van der Waals surface area contributed by atoms with Gasteiger partial charge in [0.1, 0.15) is 11.2 Å². The quantitative estimate of drug-likeness (QED) is 0.181. The molecule has 8 aromatic carbocycles. The zero-order valence-corrected chi connectivity index (χ0v) is 31.4. The van der Waals surface area contributed by atoms with Crippen molar-refractivity contribution in [2.75, 3.05) is 0 Å². The lowest BCUT2D eigenvalue weighted by Gasteiger charge is -2.21. The molecule has 0 atom stereocenters. The molecule has 0 amide bonds. The van der Waals surface area contributed by atoms with Gasteiger partial charge in [0.2, 0.25) is 5.95 Å². The molecule has 57 heavy (non-hydrogen) atoms. The van der Waals surface area contributed by atoms with E-state index in [-0.39, 0.29) is 5.41 Å². The van der Waals surface area contributed by atoms with Gasteiger partial charge in [0.05, 0.1) is 11.0 Å². The standard InChI is InChI=1S/C52H34N4O/c1-52(2)42-21-10-8-17-37(42)41-29-33(24-27-43(41)52)36-19-12-20-40-47-35-16-7-6-13-31(35)25-28-44(47)56(48(36)40)51-54-49(32-14-4-3-5-15-32)53-50(55-51)34-23-26-39-38-18-9-11-22-45(38)57-46(39)30-34/h3-30H,1-2H3. The Balaban J connectivity index is 1.16. The number of hydrogen-bond donors (Lipinski definition) is 0. The summed E-state index contributed by atoms with van der Waals surface area (Å²) in [6.45, 7) is 4.66. The lowest BCUT2D eigenvalue weighted by Crippen LogP contribution is -2.14. The minimum absolute atomic E-state index is 0.0786. The van der Waals surface area contributed by atoms with Gasteiger partial charge >= 0.3 is 0 Å². The van der Waals surface area contributed by atoms with Crippen molar-refractivity contribution in [3.05, 3.63) is 181 Å². The molecule has 11 aromatic rings. The Kier molecular flexibility index (Phi) is 6.62. The molecule has 5 nitrogen and oxygen atoms in total. The van der Waals surface area contributed by atoms with Gasteiger partial charge in [-0.3, -0.25) is 4.57 Å². The van der Waals surface area contributed by atoms with Crippen molar-refractivity contribution in [3.8, 4) is 51.0 Å². The zero-order valence-electron chi connectivity index (χ0n) is 31.4. The first-order valence-electron chi connectivity index (χ1n) is 19.4. The molecule has 5 heteroatoms. The van der Waals surface area contributed by atoms with Gasteiger partial charge in [-0.25, -0.2) is 4.98 Å². The Labute approximate surface area is 328 Å². The predicted molar refractivity (Wildman–Crippen MR) is 233 cm³/mol. The summed E-state index contributed by atoms with van der Waals surface area (Å²) in [6.07, 6.45) is 0. The van der Waals surface area contributed by atoms with Crippen LogP contribution in [0, 0.1) is 0 Å². The number of benzene rings is 8. The van der Waals surface area contributed by atoms with Crippen LogP contribution < -0.4 is 0 Å². The van der Waals surface area contributed by atoms with Crippen LogP contribution >= 0.6 is 0 Å². The van der Waals surface area contributed by atoms with E-state index < -0.39 is 0 Å². The van der Waals surface area contributed by atoms with E-state index in [0.29, 0.717) is 17.6 Å². The Hall–Kier alpha value is -7.37. The summed E-state index contributed by atoms with van der Waals surface area (Å²) < 4.78 is 8.60. The fourth-order valence-corrected chi connectivity index (χ4v) is 9.34. The number of para-hydroxylation sites is 2. The van der Waals surface area contributed by atoms with Crippen LogP contribution in [0.1, 0.15) is 25.0 Å². The maximum atomic E-state index is 6.34.